The Morgan fingerprint density at radius 1 is 0.577 bits per heavy atom. The van der Waals surface area contributed by atoms with Crippen molar-refractivity contribution in [3.8, 4) is 0 Å². The standard InChI is InChI=1S/C25H17Cl/c26-25-22(14-17-6-2-1-3-7-17)13-11-18-10-12-21-15-19-8-4-5-9-20(19)16-23(21)24(18)25/h1-13,15-16H,14H2. The maximum absolute atomic E-state index is 6.92. The van der Waals surface area contributed by atoms with Crippen LogP contribution in [-0.4, -0.2) is 0 Å². The normalized spacial score (nSPS) is 11.4. The summed E-state index contributed by atoms with van der Waals surface area (Å²) in [5.74, 6) is 0. The molecular weight excluding hydrogens is 336 g/mol. The van der Waals surface area contributed by atoms with Crippen LogP contribution in [0.2, 0.25) is 5.02 Å². The minimum Gasteiger partial charge on any atom is -0.0833 e. The predicted octanol–water partition coefficient (Wildman–Crippen LogP) is 7.39. The first-order valence-corrected chi connectivity index (χ1v) is 9.24. The molecule has 0 fully saturated rings. The van der Waals surface area contributed by atoms with Crippen molar-refractivity contribution < 1.29 is 0 Å². The van der Waals surface area contributed by atoms with Gasteiger partial charge in [-0.05, 0) is 56.6 Å². The molecule has 5 aromatic rings. The maximum atomic E-state index is 6.92. The summed E-state index contributed by atoms with van der Waals surface area (Å²) >= 11 is 6.92. The molecule has 0 aliphatic rings. The minimum atomic E-state index is 0.847. The molecule has 5 aromatic carbocycles. The number of hydrogen-bond donors (Lipinski definition) is 0. The van der Waals surface area contributed by atoms with Gasteiger partial charge in [-0.1, -0.05) is 90.5 Å². The zero-order chi connectivity index (χ0) is 17.5. The lowest BCUT2D eigenvalue weighted by molar-refractivity contribution is 1.20. The average molecular weight is 353 g/mol. The molecule has 0 N–H and O–H groups in total. The third-order valence-electron chi connectivity index (χ3n) is 5.12. The Labute approximate surface area is 157 Å². The SMILES string of the molecule is Clc1c(Cc2ccccc2)ccc2ccc3cc4ccccc4cc3c12. The average Bonchev–Trinajstić information content (AvgIpc) is 2.69. The number of halogens is 1. The molecule has 0 aromatic heterocycles. The van der Waals surface area contributed by atoms with Crippen LogP contribution in [0.4, 0.5) is 0 Å². The van der Waals surface area contributed by atoms with Crippen LogP contribution in [0.1, 0.15) is 11.1 Å². The van der Waals surface area contributed by atoms with Crippen LogP contribution in [-0.2, 0) is 6.42 Å². The highest BCUT2D eigenvalue weighted by atomic mass is 35.5. The smallest absolute Gasteiger partial charge is 0.0526 e. The Balaban J connectivity index is 1.78. The molecule has 0 amide bonds. The summed E-state index contributed by atoms with van der Waals surface area (Å²) in [7, 11) is 0. The molecule has 124 valence electrons. The Morgan fingerprint density at radius 3 is 2.04 bits per heavy atom. The first kappa shape index (κ1) is 15.4. The van der Waals surface area contributed by atoms with Crippen LogP contribution in [0, 0.1) is 0 Å². The van der Waals surface area contributed by atoms with Gasteiger partial charge in [0.1, 0.15) is 0 Å². The highest BCUT2D eigenvalue weighted by Crippen LogP contribution is 2.36. The van der Waals surface area contributed by atoms with Gasteiger partial charge in [0.15, 0.2) is 0 Å². The van der Waals surface area contributed by atoms with E-state index in [2.05, 4.69) is 84.9 Å². The number of fused-ring (bicyclic) bond motifs is 4. The van der Waals surface area contributed by atoms with Crippen LogP contribution in [0.3, 0.4) is 0 Å². The number of rotatable bonds is 2. The topological polar surface area (TPSA) is 0 Å². The largest absolute Gasteiger partial charge is 0.0833 e. The molecule has 0 nitrogen and oxygen atoms in total. The van der Waals surface area contributed by atoms with Gasteiger partial charge in [0.05, 0.1) is 5.02 Å². The van der Waals surface area contributed by atoms with Crippen molar-refractivity contribution in [1.82, 2.24) is 0 Å². The third-order valence-corrected chi connectivity index (χ3v) is 5.55. The first-order valence-electron chi connectivity index (χ1n) is 8.86. The molecule has 0 heterocycles. The van der Waals surface area contributed by atoms with Crippen LogP contribution in [0.15, 0.2) is 91.0 Å². The van der Waals surface area contributed by atoms with Crippen molar-refractivity contribution in [2.24, 2.45) is 0 Å². The van der Waals surface area contributed by atoms with E-state index in [9.17, 15) is 0 Å². The van der Waals surface area contributed by atoms with Crippen molar-refractivity contribution in [3.63, 3.8) is 0 Å². The van der Waals surface area contributed by atoms with E-state index < -0.39 is 0 Å². The van der Waals surface area contributed by atoms with Crippen molar-refractivity contribution >= 4 is 43.9 Å². The van der Waals surface area contributed by atoms with E-state index in [1.54, 1.807) is 0 Å². The molecule has 0 saturated heterocycles. The molecule has 26 heavy (non-hydrogen) atoms. The molecule has 0 unspecified atom stereocenters. The molecule has 0 atom stereocenters. The second-order valence-electron chi connectivity index (χ2n) is 6.79. The van der Waals surface area contributed by atoms with E-state index in [0.29, 0.717) is 0 Å². The molecule has 0 saturated carbocycles. The quantitative estimate of drug-likeness (QED) is 0.229. The van der Waals surface area contributed by atoms with E-state index in [1.807, 2.05) is 6.07 Å². The van der Waals surface area contributed by atoms with Gasteiger partial charge in [-0.3, -0.25) is 0 Å². The fourth-order valence-corrected chi connectivity index (χ4v) is 4.13. The van der Waals surface area contributed by atoms with Crippen LogP contribution in [0.25, 0.3) is 32.3 Å². The predicted molar refractivity (Wildman–Crippen MR) is 113 cm³/mol. The van der Waals surface area contributed by atoms with Crippen LogP contribution < -0.4 is 0 Å². The molecule has 0 aliphatic heterocycles. The van der Waals surface area contributed by atoms with E-state index in [0.717, 1.165) is 16.8 Å². The van der Waals surface area contributed by atoms with Crippen LogP contribution >= 0.6 is 11.6 Å². The van der Waals surface area contributed by atoms with Crippen molar-refractivity contribution in [2.75, 3.05) is 0 Å². The summed E-state index contributed by atoms with van der Waals surface area (Å²) < 4.78 is 0. The Bertz CT molecular complexity index is 1250. The summed E-state index contributed by atoms with van der Waals surface area (Å²) in [6.45, 7) is 0. The first-order chi connectivity index (χ1) is 12.8. The summed E-state index contributed by atoms with van der Waals surface area (Å²) in [5.41, 5.74) is 2.45. The number of benzene rings is 5. The van der Waals surface area contributed by atoms with Crippen LogP contribution in [0.5, 0.6) is 0 Å². The molecule has 0 aliphatic carbocycles. The Hall–Kier alpha value is -2.83. The van der Waals surface area contributed by atoms with Crippen molar-refractivity contribution in [1.29, 1.82) is 0 Å². The molecule has 5 rings (SSSR count). The van der Waals surface area contributed by atoms with Gasteiger partial charge >= 0.3 is 0 Å². The van der Waals surface area contributed by atoms with Gasteiger partial charge in [-0.25, -0.2) is 0 Å². The lowest BCUT2D eigenvalue weighted by atomic mass is 9.95. The summed E-state index contributed by atoms with van der Waals surface area (Å²) in [6.07, 6.45) is 0.847. The molecule has 0 radical (unpaired) electrons. The van der Waals surface area contributed by atoms with Crippen molar-refractivity contribution in [2.45, 2.75) is 6.42 Å². The third kappa shape index (κ3) is 2.55. The highest BCUT2D eigenvalue weighted by Gasteiger charge is 2.10. The Morgan fingerprint density at radius 2 is 1.23 bits per heavy atom. The minimum absolute atomic E-state index is 0.847. The van der Waals surface area contributed by atoms with Gasteiger partial charge in [-0.15, -0.1) is 0 Å². The van der Waals surface area contributed by atoms with Gasteiger partial charge in [0.25, 0.3) is 0 Å². The van der Waals surface area contributed by atoms with E-state index in [4.69, 9.17) is 11.6 Å². The lowest BCUT2D eigenvalue weighted by Crippen LogP contribution is -1.91. The van der Waals surface area contributed by atoms with E-state index in [-0.39, 0.29) is 0 Å². The highest BCUT2D eigenvalue weighted by molar-refractivity contribution is 6.39. The summed E-state index contributed by atoms with van der Waals surface area (Å²) in [5, 5.41) is 8.18. The Kier molecular flexibility index (Phi) is 3.65. The fraction of sp³-hybridized carbons (Fsp3) is 0.0400. The zero-order valence-electron chi connectivity index (χ0n) is 14.2. The van der Waals surface area contributed by atoms with E-state index in [1.165, 1.54) is 38.1 Å². The van der Waals surface area contributed by atoms with Crippen molar-refractivity contribution in [3.05, 3.63) is 107 Å². The molecule has 1 heteroatoms. The second-order valence-corrected chi connectivity index (χ2v) is 7.16. The molecule has 0 spiro atoms. The summed E-state index contributed by atoms with van der Waals surface area (Å²) in [4.78, 5) is 0. The number of hydrogen-bond acceptors (Lipinski definition) is 0. The second kappa shape index (κ2) is 6.16. The van der Waals surface area contributed by atoms with E-state index >= 15 is 0 Å². The van der Waals surface area contributed by atoms with Gasteiger partial charge in [0.2, 0.25) is 0 Å². The monoisotopic (exact) mass is 352 g/mol. The fourth-order valence-electron chi connectivity index (χ4n) is 3.79. The summed E-state index contributed by atoms with van der Waals surface area (Å²) in [6, 6.07) is 32.2. The van der Waals surface area contributed by atoms with Gasteiger partial charge in [-0.2, -0.15) is 0 Å². The van der Waals surface area contributed by atoms with Gasteiger partial charge in [0, 0.05) is 5.39 Å². The van der Waals surface area contributed by atoms with Gasteiger partial charge < -0.3 is 0 Å². The lowest BCUT2D eigenvalue weighted by Gasteiger charge is -2.12. The molecule has 0 bridgehead atoms. The zero-order valence-corrected chi connectivity index (χ0v) is 15.0. The maximum Gasteiger partial charge on any atom is 0.0526 e. The molecular formula is C25H17Cl.